The molecule has 0 aliphatic carbocycles. The molecule has 3 heterocycles. The van der Waals surface area contributed by atoms with Crippen molar-refractivity contribution in [2.24, 2.45) is 0 Å². The molecule has 0 fully saturated rings. The van der Waals surface area contributed by atoms with Gasteiger partial charge >= 0.3 is 6.03 Å². The second-order valence-corrected chi connectivity index (χ2v) is 8.11. The highest BCUT2D eigenvalue weighted by atomic mass is 32.1. The second-order valence-electron chi connectivity index (χ2n) is 7.03. The largest absolute Gasteiger partial charge is 0.333 e. The molecule has 0 unspecified atom stereocenters. The lowest BCUT2D eigenvalue weighted by Gasteiger charge is -2.31. The van der Waals surface area contributed by atoms with Gasteiger partial charge in [-0.05, 0) is 32.8 Å². The molecule has 24 heavy (non-hydrogen) atoms. The lowest BCUT2D eigenvalue weighted by atomic mass is 10.1. The van der Waals surface area contributed by atoms with Crippen LogP contribution < -0.4 is 10.9 Å². The van der Waals surface area contributed by atoms with Crippen LogP contribution >= 0.6 is 11.3 Å². The van der Waals surface area contributed by atoms with Crippen molar-refractivity contribution < 1.29 is 4.79 Å². The molecule has 2 aromatic heterocycles. The number of amides is 2. The molecule has 7 heteroatoms. The molecule has 0 saturated heterocycles. The number of hydrogen-bond donors (Lipinski definition) is 1. The van der Waals surface area contributed by atoms with E-state index in [1.54, 1.807) is 21.9 Å². The van der Waals surface area contributed by atoms with Gasteiger partial charge in [0.15, 0.2) is 0 Å². The van der Waals surface area contributed by atoms with E-state index in [0.717, 1.165) is 15.3 Å². The molecule has 2 aromatic rings. The zero-order valence-electron chi connectivity index (χ0n) is 14.3. The Balaban J connectivity index is 1.93. The van der Waals surface area contributed by atoms with Crippen LogP contribution in [0.5, 0.6) is 0 Å². The van der Waals surface area contributed by atoms with Crippen LogP contribution in [0, 0.1) is 0 Å². The molecule has 0 atom stereocenters. The van der Waals surface area contributed by atoms with E-state index in [-0.39, 0.29) is 17.1 Å². The number of nitrogens with zero attached hydrogens (tertiary/aromatic N) is 3. The monoisotopic (exact) mass is 346 g/mol. The Morgan fingerprint density at radius 3 is 2.92 bits per heavy atom. The van der Waals surface area contributed by atoms with Crippen LogP contribution in [-0.2, 0) is 19.5 Å². The number of fused-ring (bicyclic) bond motifs is 3. The quantitative estimate of drug-likeness (QED) is 0.850. The third-order valence-corrected chi connectivity index (χ3v) is 5.05. The van der Waals surface area contributed by atoms with Gasteiger partial charge in [0.05, 0.1) is 18.3 Å². The van der Waals surface area contributed by atoms with Gasteiger partial charge in [-0.3, -0.25) is 9.36 Å². The predicted molar refractivity (Wildman–Crippen MR) is 96.5 cm³/mol. The second kappa shape index (κ2) is 6.05. The van der Waals surface area contributed by atoms with E-state index in [0.29, 0.717) is 31.4 Å². The summed E-state index contributed by atoms with van der Waals surface area (Å²) >= 11 is 1.51. The molecule has 128 valence electrons. The zero-order valence-corrected chi connectivity index (χ0v) is 15.1. The Bertz CT molecular complexity index is 860. The number of allylic oxidation sites excluding steroid dienone is 1. The fraction of sp³-hybridized carbons (Fsp3) is 0.471. The Labute approximate surface area is 144 Å². The summed E-state index contributed by atoms with van der Waals surface area (Å²) in [6.45, 7) is 11.2. The maximum absolute atomic E-state index is 12.6. The van der Waals surface area contributed by atoms with E-state index in [4.69, 9.17) is 0 Å². The molecular formula is C17H22N4O2S. The van der Waals surface area contributed by atoms with Crippen molar-refractivity contribution in [2.45, 2.75) is 45.8 Å². The standard InChI is InChI=1S/C17H22N4O2S/c1-5-7-21-10-18-14-13(15(21)22)11-6-8-20(9-12(11)24-14)16(23)19-17(2,3)4/h5,10H,1,6-9H2,2-4H3,(H,19,23). The molecule has 0 aromatic carbocycles. The highest BCUT2D eigenvalue weighted by molar-refractivity contribution is 7.18. The average Bonchev–Trinajstić information content (AvgIpc) is 2.86. The van der Waals surface area contributed by atoms with Gasteiger partial charge in [-0.15, -0.1) is 17.9 Å². The maximum atomic E-state index is 12.6. The molecule has 6 nitrogen and oxygen atoms in total. The molecule has 0 saturated carbocycles. The number of nitrogens with one attached hydrogen (secondary N) is 1. The summed E-state index contributed by atoms with van der Waals surface area (Å²) in [4.78, 5) is 33.0. The van der Waals surface area contributed by atoms with Crippen LogP contribution in [0.15, 0.2) is 23.8 Å². The summed E-state index contributed by atoms with van der Waals surface area (Å²) in [6, 6.07) is -0.0670. The molecule has 1 aliphatic rings. The van der Waals surface area contributed by atoms with E-state index in [9.17, 15) is 9.59 Å². The van der Waals surface area contributed by atoms with Crippen molar-refractivity contribution in [1.29, 1.82) is 0 Å². The van der Waals surface area contributed by atoms with Crippen molar-refractivity contribution in [3.8, 4) is 0 Å². The third-order valence-electron chi connectivity index (χ3n) is 3.92. The number of hydrogen-bond acceptors (Lipinski definition) is 4. The van der Waals surface area contributed by atoms with Crippen molar-refractivity contribution in [3.63, 3.8) is 0 Å². The van der Waals surface area contributed by atoms with Crippen LogP contribution in [0.3, 0.4) is 0 Å². The van der Waals surface area contributed by atoms with Gasteiger partial charge in [0.25, 0.3) is 5.56 Å². The summed E-state index contributed by atoms with van der Waals surface area (Å²) < 4.78 is 1.57. The van der Waals surface area contributed by atoms with Crippen LogP contribution in [0.1, 0.15) is 31.2 Å². The first-order chi connectivity index (χ1) is 11.3. The van der Waals surface area contributed by atoms with Crippen LogP contribution in [0.2, 0.25) is 0 Å². The van der Waals surface area contributed by atoms with E-state index in [1.165, 1.54) is 11.3 Å². The van der Waals surface area contributed by atoms with Crippen molar-refractivity contribution in [2.75, 3.05) is 6.54 Å². The van der Waals surface area contributed by atoms with Gasteiger partial charge in [-0.25, -0.2) is 9.78 Å². The summed E-state index contributed by atoms with van der Waals surface area (Å²) in [6.07, 6.45) is 3.94. The molecule has 0 bridgehead atoms. The predicted octanol–water partition coefficient (Wildman–Crippen LogP) is 2.51. The van der Waals surface area contributed by atoms with Gasteiger partial charge in [0.2, 0.25) is 0 Å². The van der Waals surface area contributed by atoms with E-state index >= 15 is 0 Å². The summed E-state index contributed by atoms with van der Waals surface area (Å²) in [5.41, 5.74) is 0.757. The summed E-state index contributed by atoms with van der Waals surface area (Å²) in [5, 5.41) is 3.69. The lowest BCUT2D eigenvalue weighted by molar-refractivity contribution is 0.184. The Kier molecular flexibility index (Phi) is 4.21. The first-order valence-corrected chi connectivity index (χ1v) is 8.79. The Morgan fingerprint density at radius 2 is 2.25 bits per heavy atom. The number of carbonyl (C=O) groups excluding carboxylic acids is 1. The van der Waals surface area contributed by atoms with E-state index in [1.807, 2.05) is 20.8 Å². The fourth-order valence-corrected chi connectivity index (χ4v) is 4.05. The normalized spacial score (nSPS) is 14.5. The fourth-order valence-electron chi connectivity index (χ4n) is 2.86. The Morgan fingerprint density at radius 1 is 1.50 bits per heavy atom. The minimum absolute atomic E-state index is 0.0232. The molecule has 1 N–H and O–H groups in total. The van der Waals surface area contributed by atoms with Gasteiger partial charge in [-0.1, -0.05) is 6.08 Å². The molecule has 0 radical (unpaired) electrons. The lowest BCUT2D eigenvalue weighted by Crippen LogP contribution is -2.49. The molecule has 2 amide bonds. The summed E-state index contributed by atoms with van der Waals surface area (Å²) in [5.74, 6) is 0. The van der Waals surface area contributed by atoms with Crippen LogP contribution in [-0.4, -0.2) is 32.6 Å². The van der Waals surface area contributed by atoms with E-state index < -0.39 is 0 Å². The molecule has 3 rings (SSSR count). The van der Waals surface area contributed by atoms with Gasteiger partial charge in [-0.2, -0.15) is 0 Å². The van der Waals surface area contributed by atoms with E-state index in [2.05, 4.69) is 16.9 Å². The maximum Gasteiger partial charge on any atom is 0.318 e. The minimum Gasteiger partial charge on any atom is -0.333 e. The topological polar surface area (TPSA) is 67.2 Å². The molecule has 1 aliphatic heterocycles. The number of rotatable bonds is 2. The third kappa shape index (κ3) is 3.08. The van der Waals surface area contributed by atoms with Gasteiger partial charge in [0.1, 0.15) is 4.83 Å². The number of urea groups is 1. The number of thiophene rings is 1. The minimum atomic E-state index is -0.266. The zero-order chi connectivity index (χ0) is 17.5. The van der Waals surface area contributed by atoms with Gasteiger partial charge < -0.3 is 10.2 Å². The first-order valence-electron chi connectivity index (χ1n) is 7.98. The first kappa shape index (κ1) is 16.7. The molecule has 0 spiro atoms. The molecular weight excluding hydrogens is 324 g/mol. The van der Waals surface area contributed by atoms with Crippen molar-refractivity contribution in [3.05, 3.63) is 39.8 Å². The highest BCUT2D eigenvalue weighted by Gasteiger charge is 2.27. The van der Waals surface area contributed by atoms with Gasteiger partial charge in [0, 0.05) is 23.5 Å². The van der Waals surface area contributed by atoms with Crippen LogP contribution in [0.25, 0.3) is 10.2 Å². The number of aromatic nitrogens is 2. The van der Waals surface area contributed by atoms with Crippen LogP contribution in [0.4, 0.5) is 4.79 Å². The highest BCUT2D eigenvalue weighted by Crippen LogP contribution is 2.32. The SMILES string of the molecule is C=CCn1cnc2sc3c(c2c1=O)CCN(C(=O)NC(C)(C)C)C3. The smallest absolute Gasteiger partial charge is 0.318 e. The summed E-state index contributed by atoms with van der Waals surface area (Å²) in [7, 11) is 0. The average molecular weight is 346 g/mol. The van der Waals surface area contributed by atoms with Crippen molar-refractivity contribution >= 4 is 27.6 Å². The van der Waals surface area contributed by atoms with Crippen molar-refractivity contribution in [1.82, 2.24) is 19.8 Å². The Hall–Kier alpha value is -2.15. The number of carbonyl (C=O) groups is 1.